The van der Waals surface area contributed by atoms with Crippen molar-refractivity contribution in [3.05, 3.63) is 35.4 Å². The van der Waals surface area contributed by atoms with E-state index in [4.69, 9.17) is 0 Å². The molecule has 0 bridgehead atoms. The molecule has 1 unspecified atom stereocenters. The standard InChI is InChI=1S/C11H11F3O3/c1-17-10(16)6-9(15)7-2-4-8(5-3-7)11(12,13)14/h2-5,9,15H,6H2,1H3. The van der Waals surface area contributed by atoms with Crippen LogP contribution in [0.1, 0.15) is 23.7 Å². The Bertz CT molecular complexity index is 384. The Labute approximate surface area is 95.8 Å². The van der Waals surface area contributed by atoms with E-state index in [1.165, 1.54) is 7.11 Å². The SMILES string of the molecule is COC(=O)CC(O)c1ccc(C(F)(F)F)cc1. The van der Waals surface area contributed by atoms with Crippen molar-refractivity contribution in [1.82, 2.24) is 0 Å². The van der Waals surface area contributed by atoms with Crippen LogP contribution in [0.2, 0.25) is 0 Å². The molecule has 0 heterocycles. The summed E-state index contributed by atoms with van der Waals surface area (Å²) in [5.41, 5.74) is -0.560. The fraction of sp³-hybridized carbons (Fsp3) is 0.364. The molecule has 0 aliphatic carbocycles. The van der Waals surface area contributed by atoms with Crippen molar-refractivity contribution >= 4 is 5.97 Å². The van der Waals surface area contributed by atoms with Gasteiger partial charge in [-0.1, -0.05) is 12.1 Å². The number of rotatable bonds is 3. The first-order chi connectivity index (χ1) is 7.84. The lowest BCUT2D eigenvalue weighted by Gasteiger charge is -2.11. The molecular formula is C11H11F3O3. The third kappa shape index (κ3) is 3.74. The molecule has 3 nitrogen and oxygen atoms in total. The molecule has 0 aliphatic rings. The minimum absolute atomic E-state index is 0.239. The lowest BCUT2D eigenvalue weighted by Crippen LogP contribution is -2.09. The quantitative estimate of drug-likeness (QED) is 0.835. The number of aliphatic hydroxyl groups excluding tert-OH is 1. The van der Waals surface area contributed by atoms with Crippen LogP contribution in [0.4, 0.5) is 13.2 Å². The van der Waals surface area contributed by atoms with Crippen molar-refractivity contribution in [2.24, 2.45) is 0 Å². The van der Waals surface area contributed by atoms with E-state index in [9.17, 15) is 23.1 Å². The second-order valence-electron chi connectivity index (χ2n) is 3.42. The third-order valence-corrected chi connectivity index (χ3v) is 2.21. The topological polar surface area (TPSA) is 46.5 Å². The highest BCUT2D eigenvalue weighted by atomic mass is 19.4. The molecule has 17 heavy (non-hydrogen) atoms. The lowest BCUT2D eigenvalue weighted by atomic mass is 10.0. The molecule has 0 aliphatic heterocycles. The number of ether oxygens (including phenoxy) is 1. The number of aliphatic hydroxyl groups is 1. The molecule has 1 aromatic rings. The van der Waals surface area contributed by atoms with Gasteiger partial charge in [0.05, 0.1) is 25.2 Å². The van der Waals surface area contributed by atoms with Crippen LogP contribution in [0, 0.1) is 0 Å². The van der Waals surface area contributed by atoms with Gasteiger partial charge < -0.3 is 9.84 Å². The number of hydrogen-bond acceptors (Lipinski definition) is 3. The van der Waals surface area contributed by atoms with Crippen LogP contribution in [0.15, 0.2) is 24.3 Å². The zero-order valence-electron chi connectivity index (χ0n) is 8.99. The second kappa shape index (κ2) is 5.18. The molecule has 1 aromatic carbocycles. The Kier molecular flexibility index (Phi) is 4.11. The number of carbonyl (C=O) groups is 1. The minimum atomic E-state index is -4.41. The van der Waals surface area contributed by atoms with Crippen molar-refractivity contribution in [1.29, 1.82) is 0 Å². The highest BCUT2D eigenvalue weighted by molar-refractivity contribution is 5.70. The summed E-state index contributed by atoms with van der Waals surface area (Å²) in [6, 6.07) is 3.98. The van der Waals surface area contributed by atoms with Crippen LogP contribution in [0.25, 0.3) is 0 Å². The van der Waals surface area contributed by atoms with Crippen molar-refractivity contribution in [3.63, 3.8) is 0 Å². The normalized spacial score (nSPS) is 13.2. The van der Waals surface area contributed by atoms with Gasteiger partial charge in [-0.05, 0) is 17.7 Å². The van der Waals surface area contributed by atoms with E-state index >= 15 is 0 Å². The Balaban J connectivity index is 2.77. The van der Waals surface area contributed by atoms with Gasteiger partial charge in [0.15, 0.2) is 0 Å². The maximum absolute atomic E-state index is 12.2. The van der Waals surface area contributed by atoms with Gasteiger partial charge >= 0.3 is 12.1 Å². The molecule has 1 N–H and O–H groups in total. The first kappa shape index (κ1) is 13.5. The molecule has 0 saturated carbocycles. The summed E-state index contributed by atoms with van der Waals surface area (Å²) in [5.74, 6) is -0.627. The molecule has 0 amide bonds. The lowest BCUT2D eigenvalue weighted by molar-refractivity contribution is -0.143. The molecule has 94 valence electrons. The van der Waals surface area contributed by atoms with Gasteiger partial charge in [0, 0.05) is 0 Å². The molecule has 1 atom stereocenters. The van der Waals surface area contributed by atoms with Crippen molar-refractivity contribution < 1.29 is 27.8 Å². The molecule has 0 aromatic heterocycles. The predicted molar refractivity (Wildman–Crippen MR) is 53.0 cm³/mol. The summed E-state index contributed by atoms with van der Waals surface area (Å²) in [7, 11) is 1.17. The number of alkyl halides is 3. The van der Waals surface area contributed by atoms with E-state index in [-0.39, 0.29) is 12.0 Å². The Morgan fingerprint density at radius 3 is 2.29 bits per heavy atom. The zero-order chi connectivity index (χ0) is 13.1. The van der Waals surface area contributed by atoms with Crippen LogP contribution in [0.3, 0.4) is 0 Å². The maximum atomic E-state index is 12.2. The van der Waals surface area contributed by atoms with E-state index < -0.39 is 23.8 Å². The summed E-state index contributed by atoms with van der Waals surface area (Å²) < 4.78 is 41.1. The largest absolute Gasteiger partial charge is 0.469 e. The van der Waals surface area contributed by atoms with Crippen LogP contribution in [0.5, 0.6) is 0 Å². The van der Waals surface area contributed by atoms with Gasteiger partial charge in [-0.25, -0.2) is 0 Å². The number of halogens is 3. The zero-order valence-corrected chi connectivity index (χ0v) is 8.99. The molecular weight excluding hydrogens is 237 g/mol. The van der Waals surface area contributed by atoms with Gasteiger partial charge in [0.2, 0.25) is 0 Å². The molecule has 1 rings (SSSR count). The van der Waals surface area contributed by atoms with E-state index in [0.717, 1.165) is 24.3 Å². The van der Waals surface area contributed by atoms with Crippen LogP contribution in [-0.2, 0) is 15.7 Å². The van der Waals surface area contributed by atoms with Crippen molar-refractivity contribution in [3.8, 4) is 0 Å². The molecule has 6 heteroatoms. The molecule has 0 spiro atoms. The summed E-state index contributed by atoms with van der Waals surface area (Å²) in [6.45, 7) is 0. The van der Waals surface area contributed by atoms with Gasteiger partial charge in [-0.15, -0.1) is 0 Å². The molecule has 0 radical (unpaired) electrons. The minimum Gasteiger partial charge on any atom is -0.469 e. The summed E-state index contributed by atoms with van der Waals surface area (Å²) in [4.78, 5) is 10.9. The number of methoxy groups -OCH3 is 1. The average Bonchev–Trinajstić information content (AvgIpc) is 2.27. The summed E-state index contributed by atoms with van der Waals surface area (Å²) in [6.07, 6.45) is -5.86. The maximum Gasteiger partial charge on any atom is 0.416 e. The van der Waals surface area contributed by atoms with Gasteiger partial charge in [0.1, 0.15) is 0 Å². The van der Waals surface area contributed by atoms with Gasteiger partial charge in [-0.2, -0.15) is 13.2 Å². The highest BCUT2D eigenvalue weighted by Gasteiger charge is 2.30. The summed E-state index contributed by atoms with van der Waals surface area (Å²) >= 11 is 0. The predicted octanol–water partition coefficient (Wildman–Crippen LogP) is 2.30. The second-order valence-corrected chi connectivity index (χ2v) is 3.42. The van der Waals surface area contributed by atoms with Crippen LogP contribution < -0.4 is 0 Å². The van der Waals surface area contributed by atoms with E-state index in [1.54, 1.807) is 0 Å². The number of benzene rings is 1. The first-order valence-corrected chi connectivity index (χ1v) is 4.76. The third-order valence-electron chi connectivity index (χ3n) is 2.21. The number of esters is 1. The monoisotopic (exact) mass is 248 g/mol. The number of hydrogen-bond donors (Lipinski definition) is 1. The number of carbonyl (C=O) groups excluding carboxylic acids is 1. The Hall–Kier alpha value is -1.56. The van der Waals surface area contributed by atoms with Gasteiger partial charge in [-0.3, -0.25) is 4.79 Å². The Morgan fingerprint density at radius 2 is 1.88 bits per heavy atom. The van der Waals surface area contributed by atoms with E-state index in [0.29, 0.717) is 0 Å². The fourth-order valence-corrected chi connectivity index (χ4v) is 1.25. The summed E-state index contributed by atoms with van der Waals surface area (Å²) in [5, 5.41) is 9.53. The molecule has 0 saturated heterocycles. The Morgan fingerprint density at radius 1 is 1.35 bits per heavy atom. The first-order valence-electron chi connectivity index (χ1n) is 4.76. The van der Waals surface area contributed by atoms with Crippen molar-refractivity contribution in [2.45, 2.75) is 18.7 Å². The van der Waals surface area contributed by atoms with E-state index in [1.807, 2.05) is 0 Å². The van der Waals surface area contributed by atoms with Crippen LogP contribution in [-0.4, -0.2) is 18.2 Å². The highest BCUT2D eigenvalue weighted by Crippen LogP contribution is 2.30. The molecule has 0 fully saturated rings. The van der Waals surface area contributed by atoms with E-state index in [2.05, 4.69) is 4.74 Å². The smallest absolute Gasteiger partial charge is 0.416 e. The fourth-order valence-electron chi connectivity index (χ4n) is 1.25. The van der Waals surface area contributed by atoms with Gasteiger partial charge in [0.25, 0.3) is 0 Å². The van der Waals surface area contributed by atoms with Crippen LogP contribution >= 0.6 is 0 Å². The average molecular weight is 248 g/mol. The van der Waals surface area contributed by atoms with Crippen molar-refractivity contribution in [2.75, 3.05) is 7.11 Å².